The molecule has 1 amide bonds. The Balaban J connectivity index is 2.31. The predicted octanol–water partition coefficient (Wildman–Crippen LogP) is -0.829. The van der Waals surface area contributed by atoms with Crippen LogP contribution in [0.25, 0.3) is 0 Å². The van der Waals surface area contributed by atoms with Crippen molar-refractivity contribution in [3.63, 3.8) is 0 Å². The highest BCUT2D eigenvalue weighted by Crippen LogP contribution is 2.18. The van der Waals surface area contributed by atoms with Crippen LogP contribution in [0.2, 0.25) is 0 Å². The van der Waals surface area contributed by atoms with Gasteiger partial charge in [0.1, 0.15) is 0 Å². The van der Waals surface area contributed by atoms with Crippen molar-refractivity contribution in [2.45, 2.75) is 12.5 Å². The van der Waals surface area contributed by atoms with E-state index in [-0.39, 0.29) is 25.1 Å². The number of methoxy groups -OCH3 is 1. The summed E-state index contributed by atoms with van der Waals surface area (Å²) in [7, 11) is 3.35. The SMILES string of the molecule is COCCCNC(=O)CN(C)C1COCC1C(=O)O. The van der Waals surface area contributed by atoms with Crippen LogP contribution in [0, 0.1) is 5.92 Å². The van der Waals surface area contributed by atoms with Gasteiger partial charge in [0.15, 0.2) is 0 Å². The highest BCUT2D eigenvalue weighted by atomic mass is 16.5. The van der Waals surface area contributed by atoms with E-state index in [1.165, 1.54) is 0 Å². The molecule has 1 fully saturated rings. The quantitative estimate of drug-likeness (QED) is 0.562. The fraction of sp³-hybridized carbons (Fsp3) is 0.833. The maximum absolute atomic E-state index is 11.7. The molecule has 1 aliphatic heterocycles. The van der Waals surface area contributed by atoms with Crippen molar-refractivity contribution in [1.82, 2.24) is 10.2 Å². The standard InChI is InChI=1S/C12H22N2O5/c1-14(6-11(15)13-4-3-5-18-2)10-8-19-7-9(10)12(16)17/h9-10H,3-8H2,1-2H3,(H,13,15)(H,16,17). The van der Waals surface area contributed by atoms with Gasteiger partial charge >= 0.3 is 5.97 Å². The molecule has 1 saturated heterocycles. The Morgan fingerprint density at radius 3 is 2.84 bits per heavy atom. The van der Waals surface area contributed by atoms with Crippen LogP contribution in [-0.4, -0.2) is 75.0 Å². The lowest BCUT2D eigenvalue weighted by molar-refractivity contribution is -0.143. The minimum absolute atomic E-state index is 0.116. The van der Waals surface area contributed by atoms with Crippen molar-refractivity contribution in [2.75, 3.05) is 47.1 Å². The van der Waals surface area contributed by atoms with Crippen LogP contribution in [0.1, 0.15) is 6.42 Å². The molecular formula is C12H22N2O5. The van der Waals surface area contributed by atoms with Gasteiger partial charge in [0.25, 0.3) is 0 Å². The summed E-state index contributed by atoms with van der Waals surface area (Å²) in [4.78, 5) is 24.4. The first-order valence-electron chi connectivity index (χ1n) is 6.32. The molecule has 1 rings (SSSR count). The van der Waals surface area contributed by atoms with Crippen LogP contribution < -0.4 is 5.32 Å². The minimum atomic E-state index is -0.880. The second-order valence-electron chi connectivity index (χ2n) is 4.66. The number of likely N-dealkylation sites (N-methyl/N-ethyl adjacent to an activating group) is 1. The van der Waals surface area contributed by atoms with Gasteiger partial charge in [-0.15, -0.1) is 0 Å². The van der Waals surface area contributed by atoms with Gasteiger partial charge < -0.3 is 19.9 Å². The Morgan fingerprint density at radius 2 is 2.21 bits per heavy atom. The van der Waals surface area contributed by atoms with E-state index in [1.54, 1.807) is 19.1 Å². The summed E-state index contributed by atoms with van der Waals surface area (Å²) < 4.78 is 10.1. The second-order valence-corrected chi connectivity index (χ2v) is 4.66. The third kappa shape index (κ3) is 5.14. The molecule has 0 bridgehead atoms. The Hall–Kier alpha value is -1.18. The Bertz CT molecular complexity index is 310. The van der Waals surface area contributed by atoms with Crippen LogP contribution in [0.3, 0.4) is 0 Å². The summed E-state index contributed by atoms with van der Waals surface area (Å²) in [6, 6.07) is -0.248. The summed E-state index contributed by atoms with van der Waals surface area (Å²) in [5, 5.41) is 11.8. The molecule has 0 aromatic carbocycles. The van der Waals surface area contributed by atoms with Crippen LogP contribution >= 0.6 is 0 Å². The monoisotopic (exact) mass is 274 g/mol. The van der Waals surface area contributed by atoms with Crippen molar-refractivity contribution in [1.29, 1.82) is 0 Å². The highest BCUT2D eigenvalue weighted by Gasteiger charge is 2.37. The molecule has 0 aromatic heterocycles. The fourth-order valence-electron chi connectivity index (χ4n) is 2.06. The third-order valence-corrected chi connectivity index (χ3v) is 3.17. The topological polar surface area (TPSA) is 88.1 Å². The number of ether oxygens (including phenoxy) is 2. The summed E-state index contributed by atoms with van der Waals surface area (Å²) in [6.07, 6.45) is 0.760. The number of carboxylic acid groups (broad SMARTS) is 1. The lowest BCUT2D eigenvalue weighted by atomic mass is 10.0. The molecule has 2 N–H and O–H groups in total. The van der Waals surface area contributed by atoms with Gasteiger partial charge in [-0.05, 0) is 13.5 Å². The molecule has 19 heavy (non-hydrogen) atoms. The van der Waals surface area contributed by atoms with Crippen LogP contribution in [0.15, 0.2) is 0 Å². The van der Waals surface area contributed by atoms with E-state index in [1.807, 2.05) is 0 Å². The lowest BCUT2D eigenvalue weighted by Gasteiger charge is -2.25. The molecule has 0 aromatic rings. The van der Waals surface area contributed by atoms with Gasteiger partial charge in [-0.3, -0.25) is 14.5 Å². The average Bonchev–Trinajstić information content (AvgIpc) is 2.84. The molecule has 0 saturated carbocycles. The molecule has 1 heterocycles. The summed E-state index contributed by atoms with van der Waals surface area (Å²) >= 11 is 0. The third-order valence-electron chi connectivity index (χ3n) is 3.17. The largest absolute Gasteiger partial charge is 0.481 e. The highest BCUT2D eigenvalue weighted by molar-refractivity contribution is 5.78. The fourth-order valence-corrected chi connectivity index (χ4v) is 2.06. The van der Waals surface area contributed by atoms with E-state index in [4.69, 9.17) is 14.6 Å². The second kappa shape index (κ2) is 8.08. The van der Waals surface area contributed by atoms with Crippen molar-refractivity contribution >= 4 is 11.9 Å². The van der Waals surface area contributed by atoms with E-state index >= 15 is 0 Å². The molecule has 7 nitrogen and oxygen atoms in total. The maximum atomic E-state index is 11.7. The number of aliphatic carboxylic acids is 1. The Labute approximate surface area is 112 Å². The van der Waals surface area contributed by atoms with E-state index in [2.05, 4.69) is 5.32 Å². The number of hydrogen-bond acceptors (Lipinski definition) is 5. The minimum Gasteiger partial charge on any atom is -0.481 e. The first kappa shape index (κ1) is 15.9. The van der Waals surface area contributed by atoms with E-state index < -0.39 is 11.9 Å². The lowest BCUT2D eigenvalue weighted by Crippen LogP contribution is -2.45. The van der Waals surface area contributed by atoms with Gasteiger partial charge in [-0.2, -0.15) is 0 Å². The smallest absolute Gasteiger partial charge is 0.310 e. The van der Waals surface area contributed by atoms with Crippen molar-refractivity contribution in [2.24, 2.45) is 5.92 Å². The van der Waals surface area contributed by atoms with Gasteiger partial charge in [0.2, 0.25) is 5.91 Å². The van der Waals surface area contributed by atoms with Crippen molar-refractivity contribution in [3.8, 4) is 0 Å². The zero-order valence-corrected chi connectivity index (χ0v) is 11.4. The Morgan fingerprint density at radius 1 is 1.47 bits per heavy atom. The number of rotatable bonds is 8. The average molecular weight is 274 g/mol. The normalized spacial score (nSPS) is 22.7. The zero-order chi connectivity index (χ0) is 14.3. The number of carbonyl (C=O) groups excluding carboxylic acids is 1. The van der Waals surface area contributed by atoms with E-state index in [0.29, 0.717) is 19.8 Å². The molecule has 110 valence electrons. The predicted molar refractivity (Wildman–Crippen MR) is 67.9 cm³/mol. The summed E-state index contributed by atoms with van der Waals surface area (Å²) in [5.41, 5.74) is 0. The Kier molecular flexibility index (Phi) is 6.75. The maximum Gasteiger partial charge on any atom is 0.310 e. The molecule has 2 atom stereocenters. The molecule has 0 spiro atoms. The molecule has 2 unspecified atom stereocenters. The number of nitrogens with zero attached hydrogens (tertiary/aromatic N) is 1. The van der Waals surface area contributed by atoms with Gasteiger partial charge in [-0.1, -0.05) is 0 Å². The zero-order valence-electron chi connectivity index (χ0n) is 11.4. The number of nitrogens with one attached hydrogen (secondary N) is 1. The number of carbonyl (C=O) groups is 2. The molecule has 7 heteroatoms. The van der Waals surface area contributed by atoms with Gasteiger partial charge in [0.05, 0.1) is 25.7 Å². The first-order valence-corrected chi connectivity index (χ1v) is 6.32. The van der Waals surface area contributed by atoms with Crippen LogP contribution in [0.5, 0.6) is 0 Å². The van der Waals surface area contributed by atoms with Gasteiger partial charge in [-0.25, -0.2) is 0 Å². The molecule has 1 aliphatic rings. The molecule has 0 aliphatic carbocycles. The molecular weight excluding hydrogens is 252 g/mol. The van der Waals surface area contributed by atoms with Crippen molar-refractivity contribution in [3.05, 3.63) is 0 Å². The molecule has 0 radical (unpaired) electrons. The summed E-state index contributed by atoms with van der Waals surface area (Å²) in [6.45, 7) is 1.90. The van der Waals surface area contributed by atoms with E-state index in [9.17, 15) is 9.59 Å². The van der Waals surface area contributed by atoms with E-state index in [0.717, 1.165) is 6.42 Å². The van der Waals surface area contributed by atoms with Crippen molar-refractivity contribution < 1.29 is 24.2 Å². The summed E-state index contributed by atoms with van der Waals surface area (Å²) in [5.74, 6) is -1.56. The number of carboxylic acids is 1. The first-order chi connectivity index (χ1) is 9.06. The van der Waals surface area contributed by atoms with Gasteiger partial charge in [0, 0.05) is 26.3 Å². The number of amides is 1. The number of hydrogen-bond donors (Lipinski definition) is 2. The van der Waals surface area contributed by atoms with Crippen LogP contribution in [0.4, 0.5) is 0 Å². The van der Waals surface area contributed by atoms with Crippen LogP contribution in [-0.2, 0) is 19.1 Å².